The minimum atomic E-state index is -3.61. The first-order chi connectivity index (χ1) is 9.97. The van der Waals surface area contributed by atoms with Gasteiger partial charge in [-0.1, -0.05) is 11.6 Å². The number of hydrogen-bond donors (Lipinski definition) is 2. The summed E-state index contributed by atoms with van der Waals surface area (Å²) in [4.78, 5) is 3.89. The predicted octanol–water partition coefficient (Wildman–Crippen LogP) is 1.45. The zero-order chi connectivity index (χ0) is 15.3. The van der Waals surface area contributed by atoms with E-state index in [4.69, 9.17) is 16.3 Å². The van der Waals surface area contributed by atoms with E-state index in [2.05, 4.69) is 15.0 Å². The first-order valence-corrected chi connectivity index (χ1v) is 8.63. The summed E-state index contributed by atoms with van der Waals surface area (Å²) in [5.74, 6) is 0. The molecular formula is C13H21Cl2N3O3S. The van der Waals surface area contributed by atoms with E-state index in [0.717, 1.165) is 25.9 Å². The van der Waals surface area contributed by atoms with Crippen LogP contribution >= 0.6 is 24.0 Å². The quantitative estimate of drug-likeness (QED) is 0.792. The van der Waals surface area contributed by atoms with E-state index in [-0.39, 0.29) is 22.7 Å². The van der Waals surface area contributed by atoms with Crippen molar-refractivity contribution in [3.63, 3.8) is 0 Å². The van der Waals surface area contributed by atoms with Crippen molar-refractivity contribution in [1.29, 1.82) is 0 Å². The lowest BCUT2D eigenvalue weighted by atomic mass is 9.80. The van der Waals surface area contributed by atoms with Gasteiger partial charge in [-0.05, 0) is 32.0 Å². The van der Waals surface area contributed by atoms with Crippen LogP contribution in [0.1, 0.15) is 12.8 Å². The van der Waals surface area contributed by atoms with Gasteiger partial charge in [-0.2, -0.15) is 0 Å². The minimum absolute atomic E-state index is 0. The van der Waals surface area contributed by atoms with Gasteiger partial charge in [-0.15, -0.1) is 12.4 Å². The molecule has 0 atom stereocenters. The van der Waals surface area contributed by atoms with Gasteiger partial charge < -0.3 is 10.1 Å². The maximum Gasteiger partial charge on any atom is 0.242 e. The number of halogens is 2. The van der Waals surface area contributed by atoms with Crippen LogP contribution in [0.5, 0.6) is 0 Å². The van der Waals surface area contributed by atoms with Crippen molar-refractivity contribution in [2.45, 2.75) is 17.7 Å². The Balaban J connectivity index is 0.00000242. The molecule has 1 saturated heterocycles. The summed E-state index contributed by atoms with van der Waals surface area (Å²) >= 11 is 5.79. The average molecular weight is 370 g/mol. The van der Waals surface area contributed by atoms with Crippen molar-refractivity contribution in [1.82, 2.24) is 15.0 Å². The number of methoxy groups -OCH3 is 1. The third-order valence-electron chi connectivity index (χ3n) is 3.74. The van der Waals surface area contributed by atoms with Crippen LogP contribution in [-0.4, -0.2) is 46.8 Å². The second-order valence-electron chi connectivity index (χ2n) is 5.35. The minimum Gasteiger partial charge on any atom is -0.384 e. The van der Waals surface area contributed by atoms with Crippen LogP contribution in [0.3, 0.4) is 0 Å². The molecule has 1 fully saturated rings. The highest BCUT2D eigenvalue weighted by molar-refractivity contribution is 7.89. The van der Waals surface area contributed by atoms with Gasteiger partial charge in [0.2, 0.25) is 10.0 Å². The Morgan fingerprint density at radius 1 is 1.41 bits per heavy atom. The van der Waals surface area contributed by atoms with Gasteiger partial charge in [0.05, 0.1) is 11.6 Å². The van der Waals surface area contributed by atoms with Crippen molar-refractivity contribution in [2.75, 3.05) is 33.4 Å². The van der Waals surface area contributed by atoms with Crippen LogP contribution < -0.4 is 10.0 Å². The lowest BCUT2D eigenvalue weighted by Crippen LogP contribution is -2.47. The summed E-state index contributed by atoms with van der Waals surface area (Å²) in [7, 11) is -1.97. The van der Waals surface area contributed by atoms with Crippen molar-refractivity contribution >= 4 is 34.0 Å². The van der Waals surface area contributed by atoms with E-state index < -0.39 is 10.0 Å². The number of nitrogens with one attached hydrogen (secondary N) is 2. The highest BCUT2D eigenvalue weighted by atomic mass is 35.5. The van der Waals surface area contributed by atoms with Gasteiger partial charge >= 0.3 is 0 Å². The fourth-order valence-corrected chi connectivity index (χ4v) is 3.89. The van der Waals surface area contributed by atoms with Gasteiger partial charge in [0.15, 0.2) is 0 Å². The highest BCUT2D eigenvalue weighted by Crippen LogP contribution is 2.29. The summed E-state index contributed by atoms with van der Waals surface area (Å²) in [5.41, 5.74) is -0.168. The molecule has 9 heteroatoms. The third-order valence-corrected chi connectivity index (χ3v) is 5.32. The molecule has 1 aromatic rings. The number of pyridine rings is 1. The number of nitrogens with zero attached hydrogens (tertiary/aromatic N) is 1. The van der Waals surface area contributed by atoms with E-state index in [0.29, 0.717) is 18.2 Å². The van der Waals surface area contributed by atoms with Crippen molar-refractivity contribution in [3.05, 3.63) is 23.5 Å². The normalized spacial score (nSPS) is 17.7. The first kappa shape index (κ1) is 19.6. The van der Waals surface area contributed by atoms with E-state index in [1.165, 1.54) is 18.5 Å². The van der Waals surface area contributed by atoms with Crippen LogP contribution in [0.15, 0.2) is 23.4 Å². The van der Waals surface area contributed by atoms with Crippen LogP contribution in [0.2, 0.25) is 5.02 Å². The monoisotopic (exact) mass is 369 g/mol. The Labute approximate surface area is 142 Å². The fraction of sp³-hybridized carbons (Fsp3) is 0.615. The molecule has 1 aliphatic heterocycles. The molecule has 0 aliphatic carbocycles. The third kappa shape index (κ3) is 5.04. The van der Waals surface area contributed by atoms with E-state index in [1.807, 2.05) is 0 Å². The number of ether oxygens (including phenoxy) is 1. The molecule has 2 N–H and O–H groups in total. The zero-order valence-corrected chi connectivity index (χ0v) is 14.7. The summed E-state index contributed by atoms with van der Waals surface area (Å²) in [6.45, 7) is 2.61. The molecular weight excluding hydrogens is 349 g/mol. The van der Waals surface area contributed by atoms with Gasteiger partial charge in [0.1, 0.15) is 4.90 Å². The molecule has 0 amide bonds. The molecule has 1 aromatic heterocycles. The van der Waals surface area contributed by atoms with Gasteiger partial charge in [0, 0.05) is 31.5 Å². The Morgan fingerprint density at radius 3 is 2.68 bits per heavy atom. The maximum atomic E-state index is 12.3. The Morgan fingerprint density at radius 2 is 2.09 bits per heavy atom. The number of piperidine rings is 1. The molecule has 2 heterocycles. The Hall–Kier alpha value is -0.440. The molecule has 1 aliphatic rings. The van der Waals surface area contributed by atoms with Gasteiger partial charge in [0.25, 0.3) is 0 Å². The standard InChI is InChI=1S/C13H20ClN3O3S.ClH/c1-20-10-13(2-4-15-5-3-13)9-17-21(18,19)12-6-11(14)7-16-8-12;/h6-8,15,17H,2-5,9-10H2,1H3;1H. The average Bonchev–Trinajstić information content (AvgIpc) is 2.47. The van der Waals surface area contributed by atoms with E-state index in [9.17, 15) is 8.42 Å². The molecule has 0 radical (unpaired) electrons. The first-order valence-electron chi connectivity index (χ1n) is 6.77. The maximum absolute atomic E-state index is 12.3. The topological polar surface area (TPSA) is 80.3 Å². The van der Waals surface area contributed by atoms with Gasteiger partial charge in [-0.3, -0.25) is 4.98 Å². The van der Waals surface area contributed by atoms with E-state index >= 15 is 0 Å². The van der Waals surface area contributed by atoms with Crippen LogP contribution in [0.4, 0.5) is 0 Å². The second-order valence-corrected chi connectivity index (χ2v) is 7.55. The molecule has 2 rings (SSSR count). The number of hydrogen-bond acceptors (Lipinski definition) is 5. The summed E-state index contributed by atoms with van der Waals surface area (Å²) in [6.07, 6.45) is 4.44. The Bertz CT molecular complexity index is 572. The van der Waals surface area contributed by atoms with Crippen molar-refractivity contribution < 1.29 is 13.2 Å². The molecule has 0 aromatic carbocycles. The highest BCUT2D eigenvalue weighted by Gasteiger charge is 2.33. The van der Waals surface area contributed by atoms with Crippen molar-refractivity contribution in [2.24, 2.45) is 5.41 Å². The molecule has 126 valence electrons. The summed E-state index contributed by atoms with van der Waals surface area (Å²) in [5, 5.41) is 3.57. The summed E-state index contributed by atoms with van der Waals surface area (Å²) < 4.78 is 32.6. The van der Waals surface area contributed by atoms with Crippen molar-refractivity contribution in [3.8, 4) is 0 Å². The summed E-state index contributed by atoms with van der Waals surface area (Å²) in [6, 6.07) is 1.39. The van der Waals surface area contributed by atoms with E-state index in [1.54, 1.807) is 7.11 Å². The zero-order valence-electron chi connectivity index (χ0n) is 12.3. The second kappa shape index (κ2) is 8.42. The Kier molecular flexibility index (Phi) is 7.51. The molecule has 22 heavy (non-hydrogen) atoms. The molecule has 6 nitrogen and oxygen atoms in total. The molecule has 0 bridgehead atoms. The lowest BCUT2D eigenvalue weighted by molar-refractivity contribution is 0.0577. The molecule has 0 saturated carbocycles. The SMILES string of the molecule is COCC1(CNS(=O)(=O)c2cncc(Cl)c2)CCNCC1.Cl. The predicted molar refractivity (Wildman–Crippen MR) is 88.1 cm³/mol. The lowest BCUT2D eigenvalue weighted by Gasteiger charge is -2.37. The van der Waals surface area contributed by atoms with Gasteiger partial charge in [-0.25, -0.2) is 13.1 Å². The van der Waals surface area contributed by atoms with Crippen LogP contribution in [0, 0.1) is 5.41 Å². The smallest absolute Gasteiger partial charge is 0.242 e. The van der Waals surface area contributed by atoms with Crippen LogP contribution in [-0.2, 0) is 14.8 Å². The molecule has 0 unspecified atom stereocenters. The van der Waals surface area contributed by atoms with Crippen LogP contribution in [0.25, 0.3) is 0 Å². The fourth-order valence-electron chi connectivity index (χ4n) is 2.51. The number of aromatic nitrogens is 1. The number of rotatable bonds is 6. The molecule has 0 spiro atoms. The largest absolute Gasteiger partial charge is 0.384 e. The number of sulfonamides is 1.